The smallest absolute Gasteiger partial charge is 0.266 e. The van der Waals surface area contributed by atoms with Gasteiger partial charge in [-0.15, -0.1) is 0 Å². The van der Waals surface area contributed by atoms with E-state index < -0.39 is 5.56 Å². The summed E-state index contributed by atoms with van der Waals surface area (Å²) in [7, 11) is 1.60. The van der Waals surface area contributed by atoms with Crippen LogP contribution in [0.4, 0.5) is 11.4 Å². The second-order valence-corrected chi connectivity index (χ2v) is 9.71. The lowest BCUT2D eigenvalue weighted by Crippen LogP contribution is -2.23. The average Bonchev–Trinajstić information content (AvgIpc) is 2.99. The molecular formula is C31H27N5O3S. The molecule has 4 rings (SSSR count). The molecule has 0 saturated heterocycles. The fourth-order valence-corrected chi connectivity index (χ4v) is 5.11. The Kier molecular flexibility index (Phi) is 8.84. The van der Waals surface area contributed by atoms with Crippen LogP contribution in [0, 0.1) is 11.3 Å². The van der Waals surface area contributed by atoms with Gasteiger partial charge in [-0.3, -0.25) is 14.6 Å². The lowest BCUT2D eigenvalue weighted by molar-refractivity contribution is 0.112. The summed E-state index contributed by atoms with van der Waals surface area (Å²) in [5, 5.41) is 21.0. The van der Waals surface area contributed by atoms with Crippen molar-refractivity contribution in [3.63, 3.8) is 0 Å². The van der Waals surface area contributed by atoms with Crippen LogP contribution in [-0.2, 0) is 0 Å². The summed E-state index contributed by atoms with van der Waals surface area (Å²) in [5.41, 5.74) is 9.89. The first-order valence-corrected chi connectivity index (χ1v) is 13.2. The zero-order valence-corrected chi connectivity index (χ0v) is 22.8. The molecular weight excluding hydrogens is 522 g/mol. The number of aromatic nitrogens is 1. The van der Waals surface area contributed by atoms with Crippen LogP contribution in [0.1, 0.15) is 28.5 Å². The Morgan fingerprint density at radius 2 is 1.90 bits per heavy atom. The van der Waals surface area contributed by atoms with Gasteiger partial charge in [0.15, 0.2) is 12.0 Å². The minimum atomic E-state index is -0.511. The van der Waals surface area contributed by atoms with E-state index in [1.54, 1.807) is 42.3 Å². The molecule has 4 aromatic rings. The summed E-state index contributed by atoms with van der Waals surface area (Å²) in [6, 6.07) is 23.8. The Morgan fingerprint density at radius 3 is 2.58 bits per heavy atom. The number of nitriles is 1. The fourth-order valence-electron chi connectivity index (χ4n) is 4.26. The molecule has 0 unspecified atom stereocenters. The summed E-state index contributed by atoms with van der Waals surface area (Å²) in [6.07, 6.45) is 3.85. The molecule has 0 spiro atoms. The number of hydrogen-bond donors (Lipinski definition) is 3. The lowest BCUT2D eigenvalue weighted by Gasteiger charge is -2.27. The summed E-state index contributed by atoms with van der Waals surface area (Å²) < 4.78 is 0. The van der Waals surface area contributed by atoms with Gasteiger partial charge in [-0.25, -0.2) is 0 Å². The van der Waals surface area contributed by atoms with Crippen LogP contribution >= 0.6 is 11.8 Å². The first-order valence-electron chi connectivity index (χ1n) is 12.4. The zero-order valence-electron chi connectivity index (χ0n) is 22.0. The SMILES string of the molecule is CCN(c1cccc(C#N)c1)c1c(C(N)=CC=NC)[nH]c(=O)c(Sc2ccc(-c3ccccc3C=O)cc2)c1O. The van der Waals surface area contributed by atoms with Gasteiger partial charge in [0.2, 0.25) is 0 Å². The molecule has 0 atom stereocenters. The molecule has 0 radical (unpaired) electrons. The second-order valence-electron chi connectivity index (χ2n) is 8.62. The van der Waals surface area contributed by atoms with Crippen molar-refractivity contribution in [1.29, 1.82) is 5.26 Å². The number of nitrogens with two attached hydrogens (primary N) is 1. The van der Waals surface area contributed by atoms with E-state index in [-0.39, 0.29) is 22.0 Å². The maximum atomic E-state index is 13.3. The maximum Gasteiger partial charge on any atom is 0.266 e. The number of aliphatic imine (C=N–C) groups is 1. The van der Waals surface area contributed by atoms with Crippen molar-refractivity contribution in [2.45, 2.75) is 16.7 Å². The molecule has 8 nitrogen and oxygen atoms in total. The molecule has 1 aromatic heterocycles. The molecule has 0 amide bonds. The number of benzene rings is 3. The quantitative estimate of drug-likeness (QED) is 0.179. The monoisotopic (exact) mass is 549 g/mol. The van der Waals surface area contributed by atoms with Crippen LogP contribution in [0.3, 0.4) is 0 Å². The second kappa shape index (κ2) is 12.7. The highest BCUT2D eigenvalue weighted by atomic mass is 32.2. The van der Waals surface area contributed by atoms with E-state index in [0.717, 1.165) is 29.2 Å². The third-order valence-electron chi connectivity index (χ3n) is 6.16. The van der Waals surface area contributed by atoms with E-state index in [4.69, 9.17) is 5.73 Å². The topological polar surface area (TPSA) is 136 Å². The summed E-state index contributed by atoms with van der Waals surface area (Å²) in [5.74, 6) is -0.242. The zero-order chi connectivity index (χ0) is 28.6. The van der Waals surface area contributed by atoms with E-state index in [1.165, 1.54) is 12.3 Å². The van der Waals surface area contributed by atoms with E-state index in [1.807, 2.05) is 49.4 Å². The first kappa shape index (κ1) is 28.0. The molecule has 200 valence electrons. The first-order chi connectivity index (χ1) is 19.4. The molecule has 1 heterocycles. The number of nitrogens with one attached hydrogen (secondary N) is 1. The van der Waals surface area contributed by atoms with Crippen LogP contribution in [0.15, 0.2) is 98.5 Å². The number of rotatable bonds is 9. The van der Waals surface area contributed by atoms with Gasteiger partial charge in [0.25, 0.3) is 5.56 Å². The van der Waals surface area contributed by atoms with Gasteiger partial charge in [-0.1, -0.05) is 54.2 Å². The van der Waals surface area contributed by atoms with Gasteiger partial charge in [0.05, 0.1) is 23.0 Å². The number of aromatic hydroxyl groups is 1. The Bertz CT molecular complexity index is 1700. The van der Waals surface area contributed by atoms with Gasteiger partial charge in [-0.2, -0.15) is 5.26 Å². The van der Waals surface area contributed by atoms with Crippen LogP contribution in [-0.4, -0.2) is 36.2 Å². The number of H-pyrrole nitrogens is 1. The number of aldehydes is 1. The van der Waals surface area contributed by atoms with Crippen molar-refractivity contribution in [2.24, 2.45) is 10.7 Å². The Morgan fingerprint density at radius 1 is 1.15 bits per heavy atom. The standard InChI is InChI=1S/C31H27N5O3S/c1-3-36(23-9-6-7-20(17-23)18-32)28-27(26(33)15-16-34-2)35-31(39)30(29(28)38)40-24-13-11-21(12-14-24)25-10-5-4-8-22(25)19-37/h4-17,19H,3,33H2,1-2H3,(H2,35,38,39). The Labute approximate surface area is 236 Å². The van der Waals surface area contributed by atoms with E-state index in [0.29, 0.717) is 33.9 Å². The fraction of sp³-hybridized carbons (Fsp3) is 0.0968. The predicted molar refractivity (Wildman–Crippen MR) is 161 cm³/mol. The average molecular weight is 550 g/mol. The van der Waals surface area contributed by atoms with Crippen molar-refractivity contribution in [3.8, 4) is 22.9 Å². The van der Waals surface area contributed by atoms with Crippen molar-refractivity contribution in [3.05, 3.63) is 106 Å². The third kappa shape index (κ3) is 5.82. The van der Waals surface area contributed by atoms with Gasteiger partial charge in [-0.05, 0) is 54.5 Å². The highest BCUT2D eigenvalue weighted by Gasteiger charge is 2.24. The molecule has 40 heavy (non-hydrogen) atoms. The molecule has 0 fully saturated rings. The number of carbonyl (C=O) groups excluding carboxylic acids is 1. The Balaban J connectivity index is 1.82. The third-order valence-corrected chi connectivity index (χ3v) is 7.25. The number of hydrogen-bond acceptors (Lipinski definition) is 8. The molecule has 9 heteroatoms. The maximum absolute atomic E-state index is 13.3. The molecule has 0 bridgehead atoms. The van der Waals surface area contributed by atoms with Crippen molar-refractivity contribution >= 4 is 41.3 Å². The molecule has 0 aliphatic carbocycles. The predicted octanol–water partition coefficient (Wildman–Crippen LogP) is 5.74. The van der Waals surface area contributed by atoms with Crippen LogP contribution in [0.5, 0.6) is 5.75 Å². The van der Waals surface area contributed by atoms with Gasteiger partial charge < -0.3 is 20.7 Å². The number of anilines is 2. The van der Waals surface area contributed by atoms with E-state index in [9.17, 15) is 20.0 Å². The van der Waals surface area contributed by atoms with Crippen molar-refractivity contribution in [1.82, 2.24) is 4.98 Å². The summed E-state index contributed by atoms with van der Waals surface area (Å²) in [4.78, 5) is 34.1. The van der Waals surface area contributed by atoms with Crippen molar-refractivity contribution < 1.29 is 9.90 Å². The minimum Gasteiger partial charge on any atom is -0.504 e. The summed E-state index contributed by atoms with van der Waals surface area (Å²) >= 11 is 1.11. The molecule has 0 aliphatic rings. The van der Waals surface area contributed by atoms with Gasteiger partial charge >= 0.3 is 0 Å². The normalized spacial score (nSPS) is 11.4. The lowest BCUT2D eigenvalue weighted by atomic mass is 10.0. The number of aromatic amines is 1. The minimum absolute atomic E-state index is 0.0895. The van der Waals surface area contributed by atoms with Crippen LogP contribution < -0.4 is 16.2 Å². The van der Waals surface area contributed by atoms with Crippen LogP contribution in [0.2, 0.25) is 0 Å². The van der Waals surface area contributed by atoms with E-state index >= 15 is 0 Å². The van der Waals surface area contributed by atoms with E-state index in [2.05, 4.69) is 16.0 Å². The highest BCUT2D eigenvalue weighted by Crippen LogP contribution is 2.43. The van der Waals surface area contributed by atoms with Crippen molar-refractivity contribution in [2.75, 3.05) is 18.5 Å². The highest BCUT2D eigenvalue weighted by molar-refractivity contribution is 7.99. The van der Waals surface area contributed by atoms with Crippen LogP contribution in [0.25, 0.3) is 16.8 Å². The molecule has 0 saturated carbocycles. The summed E-state index contributed by atoms with van der Waals surface area (Å²) in [6.45, 7) is 2.30. The molecule has 0 aliphatic heterocycles. The number of pyridine rings is 1. The molecule has 3 aromatic carbocycles. The largest absolute Gasteiger partial charge is 0.504 e. The van der Waals surface area contributed by atoms with Gasteiger partial charge in [0, 0.05) is 36.0 Å². The Hall–Kier alpha value is -5.07. The number of nitrogens with zero attached hydrogens (tertiary/aromatic N) is 3. The van der Waals surface area contributed by atoms with Gasteiger partial charge in [0.1, 0.15) is 10.6 Å². The molecule has 4 N–H and O–H groups in total. The number of allylic oxidation sites excluding steroid dienone is 1. The number of carbonyl (C=O) groups is 1.